The highest BCUT2D eigenvalue weighted by atomic mass is 19.4. The van der Waals surface area contributed by atoms with E-state index in [9.17, 15) is 13.2 Å². The van der Waals surface area contributed by atoms with E-state index in [0.717, 1.165) is 12.1 Å². The van der Waals surface area contributed by atoms with Gasteiger partial charge in [-0.25, -0.2) is 0 Å². The minimum atomic E-state index is -4.72. The first kappa shape index (κ1) is 6.06. The highest BCUT2D eigenvalue weighted by Crippen LogP contribution is 2.28. The van der Waals surface area contributed by atoms with Crippen LogP contribution in [-0.4, -0.2) is 0 Å². The normalized spacial score (nSPS) is 13.2. The summed E-state index contributed by atoms with van der Waals surface area (Å²) in [4.78, 5) is 0. The first-order chi connectivity index (χ1) is 6.36. The monoisotopic (exact) mass is 173 g/mol. The molecule has 0 atom stereocenters. The molecule has 12 heavy (non-hydrogen) atoms. The Morgan fingerprint density at radius 1 is 1.33 bits per heavy atom. The predicted molar refractivity (Wildman–Crippen MR) is 36.2 cm³/mol. The number of nitrogens with zero attached hydrogens (tertiary/aromatic N) is 1. The van der Waals surface area contributed by atoms with Gasteiger partial charge in [0.25, 0.3) is 0 Å². The molecule has 0 aliphatic carbocycles. The lowest BCUT2D eigenvalue weighted by Gasteiger charge is -2.04. The zero-order valence-electron chi connectivity index (χ0n) is 7.74. The molecular weight excluding hydrogens is 167 g/mol. The number of hydrogen-bond acceptors (Lipinski definition) is 1. The van der Waals surface area contributed by atoms with Gasteiger partial charge >= 0.3 is 6.18 Å². The average molecular weight is 173 g/mol. The van der Waals surface area contributed by atoms with E-state index in [4.69, 9.17) is 8.00 Å². The van der Waals surface area contributed by atoms with Gasteiger partial charge in [0, 0.05) is 0 Å². The van der Waals surface area contributed by atoms with Crippen LogP contribution in [0.25, 0.3) is 0 Å². The van der Waals surface area contributed by atoms with E-state index < -0.39 is 23.8 Å². The summed E-state index contributed by atoms with van der Waals surface area (Å²) in [5.74, 6) is 0. The fourth-order valence-corrected chi connectivity index (χ4v) is 0.611. The lowest BCUT2D eigenvalue weighted by atomic mass is 10.1. The Morgan fingerprint density at radius 2 is 1.83 bits per heavy atom. The lowest BCUT2D eigenvalue weighted by Crippen LogP contribution is -2.03. The number of nitriles is 1. The number of alkyl halides is 3. The van der Waals surface area contributed by atoms with Crippen molar-refractivity contribution in [1.82, 2.24) is 0 Å². The molecule has 1 aromatic rings. The molecule has 62 valence electrons. The van der Waals surface area contributed by atoms with Gasteiger partial charge in [0.2, 0.25) is 0 Å². The van der Waals surface area contributed by atoms with Gasteiger partial charge in [-0.05, 0) is 24.2 Å². The second kappa shape index (κ2) is 2.86. The third-order valence-corrected chi connectivity index (χ3v) is 1.16. The molecule has 0 fully saturated rings. The summed E-state index contributed by atoms with van der Waals surface area (Å²) in [5, 5.41) is 8.38. The number of rotatable bonds is 0. The van der Waals surface area contributed by atoms with Crippen molar-refractivity contribution in [3.63, 3.8) is 0 Å². The number of hydrogen-bond donors (Lipinski definition) is 0. The van der Waals surface area contributed by atoms with Crippen LogP contribution in [0.3, 0.4) is 0 Å². The Labute approximate surface area is 69.9 Å². The van der Waals surface area contributed by atoms with E-state index in [0.29, 0.717) is 0 Å². The van der Waals surface area contributed by atoms with Gasteiger partial charge in [-0.3, -0.25) is 0 Å². The summed E-state index contributed by atoms with van der Waals surface area (Å²) in [5.41, 5.74) is -1.43. The van der Waals surface area contributed by atoms with Crippen molar-refractivity contribution in [3.8, 4) is 6.07 Å². The van der Waals surface area contributed by atoms with E-state index in [1.165, 1.54) is 0 Å². The third kappa shape index (κ3) is 1.76. The Kier molecular flexibility index (Phi) is 1.44. The first-order valence-corrected chi connectivity index (χ1v) is 2.95. The van der Waals surface area contributed by atoms with E-state index in [2.05, 4.69) is 0 Å². The van der Waals surface area contributed by atoms with E-state index >= 15 is 0 Å². The van der Waals surface area contributed by atoms with Gasteiger partial charge in [0.05, 0.1) is 19.9 Å². The van der Waals surface area contributed by atoms with E-state index in [1.807, 2.05) is 0 Å². The summed E-state index contributed by atoms with van der Waals surface area (Å²) in [6.45, 7) is 0. The largest absolute Gasteiger partial charge is 0.416 e. The third-order valence-electron chi connectivity index (χ3n) is 1.16. The number of halogens is 3. The molecule has 0 spiro atoms. The zero-order chi connectivity index (χ0) is 10.9. The molecular formula is C8H4F3N. The van der Waals surface area contributed by atoms with Crippen molar-refractivity contribution in [3.05, 3.63) is 35.3 Å². The Bertz CT molecular complexity index is 383. The Hall–Kier alpha value is -1.50. The first-order valence-electron chi connectivity index (χ1n) is 3.95. The van der Waals surface area contributed by atoms with Crippen molar-refractivity contribution in [1.29, 1.82) is 5.26 Å². The smallest absolute Gasteiger partial charge is 0.192 e. The standard InChI is InChI=1S/C8H4F3N/c9-8(10,11)7-3-1-6(5-12)2-4-7/h1-4H/i3D,4D. The summed E-state index contributed by atoms with van der Waals surface area (Å²) in [6.07, 6.45) is -4.72. The second-order valence-electron chi connectivity index (χ2n) is 2.02. The molecule has 0 aliphatic heterocycles. The average Bonchev–Trinajstić information content (AvgIpc) is 1.99. The predicted octanol–water partition coefficient (Wildman–Crippen LogP) is 2.58. The van der Waals surface area contributed by atoms with Gasteiger partial charge in [-0.15, -0.1) is 0 Å². The van der Waals surface area contributed by atoms with Crippen LogP contribution in [0.1, 0.15) is 13.9 Å². The van der Waals surface area contributed by atoms with Crippen molar-refractivity contribution < 1.29 is 15.9 Å². The Morgan fingerprint density at radius 3 is 2.17 bits per heavy atom. The minimum Gasteiger partial charge on any atom is -0.192 e. The van der Waals surface area contributed by atoms with Crippen LogP contribution in [0, 0.1) is 11.3 Å². The molecule has 1 nitrogen and oxygen atoms in total. The molecule has 4 heteroatoms. The molecule has 0 unspecified atom stereocenters. The van der Waals surface area contributed by atoms with Crippen LogP contribution in [0.15, 0.2) is 24.2 Å². The lowest BCUT2D eigenvalue weighted by molar-refractivity contribution is -0.137. The molecule has 0 aromatic heterocycles. The Balaban J connectivity index is 3.42. The topological polar surface area (TPSA) is 23.8 Å². The highest BCUT2D eigenvalue weighted by Gasteiger charge is 2.29. The summed E-state index contributed by atoms with van der Waals surface area (Å²) in [7, 11) is 0. The highest BCUT2D eigenvalue weighted by molar-refractivity contribution is 5.32. The SMILES string of the molecule is [2H]c1cc(C#N)cc([2H])c1C(F)(F)F. The molecule has 0 heterocycles. The zero-order valence-corrected chi connectivity index (χ0v) is 5.74. The van der Waals surface area contributed by atoms with Gasteiger partial charge in [-0.1, -0.05) is 0 Å². The minimum absolute atomic E-state index is 0.118. The van der Waals surface area contributed by atoms with Crippen LogP contribution in [0.5, 0.6) is 0 Å². The quantitative estimate of drug-likeness (QED) is 0.591. The molecule has 0 N–H and O–H groups in total. The maximum Gasteiger partial charge on any atom is 0.416 e. The van der Waals surface area contributed by atoms with Crippen molar-refractivity contribution in [2.45, 2.75) is 6.18 Å². The van der Waals surface area contributed by atoms with Gasteiger partial charge in [0.1, 0.15) is 0 Å². The van der Waals surface area contributed by atoms with E-state index in [-0.39, 0.29) is 5.56 Å². The molecule has 0 radical (unpaired) electrons. The summed E-state index contributed by atoms with van der Waals surface area (Å²) < 4.78 is 50.7. The van der Waals surface area contributed by atoms with E-state index in [1.54, 1.807) is 6.07 Å². The van der Waals surface area contributed by atoms with Gasteiger partial charge in [0.15, 0.2) is 0 Å². The van der Waals surface area contributed by atoms with Crippen molar-refractivity contribution in [2.75, 3.05) is 0 Å². The van der Waals surface area contributed by atoms with Crippen LogP contribution < -0.4 is 0 Å². The van der Waals surface area contributed by atoms with Gasteiger partial charge < -0.3 is 0 Å². The number of benzene rings is 1. The second-order valence-corrected chi connectivity index (χ2v) is 2.02. The molecule has 0 aliphatic rings. The molecule has 0 amide bonds. The molecule has 0 bridgehead atoms. The van der Waals surface area contributed by atoms with Gasteiger partial charge in [-0.2, -0.15) is 18.4 Å². The summed E-state index contributed by atoms with van der Waals surface area (Å²) in [6, 6.07) is 1.47. The van der Waals surface area contributed by atoms with Crippen molar-refractivity contribution >= 4 is 0 Å². The molecule has 0 saturated heterocycles. The fourth-order valence-electron chi connectivity index (χ4n) is 0.611. The van der Waals surface area contributed by atoms with Crippen molar-refractivity contribution in [2.24, 2.45) is 0 Å². The maximum atomic E-state index is 12.2. The summed E-state index contributed by atoms with van der Waals surface area (Å²) >= 11 is 0. The molecule has 1 rings (SSSR count). The van der Waals surface area contributed by atoms with Crippen LogP contribution in [0.2, 0.25) is 0 Å². The van der Waals surface area contributed by atoms with Crippen LogP contribution in [0.4, 0.5) is 13.2 Å². The van der Waals surface area contributed by atoms with Crippen LogP contribution >= 0.6 is 0 Å². The molecule has 1 aromatic carbocycles. The van der Waals surface area contributed by atoms with Crippen LogP contribution in [-0.2, 0) is 6.18 Å². The maximum absolute atomic E-state index is 12.2. The fraction of sp³-hybridized carbons (Fsp3) is 0.125. The molecule has 0 saturated carbocycles.